The number of aromatic carboxylic acids is 1. The molecule has 5 nitrogen and oxygen atoms in total. The number of hydrogen-bond donors (Lipinski definition) is 4. The number of halogens is 1. The number of rotatable bonds is 4. The van der Waals surface area contributed by atoms with Crippen LogP contribution in [0.5, 0.6) is 5.75 Å². The van der Waals surface area contributed by atoms with Crippen molar-refractivity contribution < 1.29 is 25.2 Å². The van der Waals surface area contributed by atoms with Crippen LogP contribution in [-0.4, -0.2) is 37.8 Å². The maximum Gasteiger partial charge on any atom is 0.335 e. The Bertz CT molecular complexity index is 393. The molecule has 0 bridgehead atoms. The summed E-state index contributed by atoms with van der Waals surface area (Å²) in [7, 11) is 0. The molecule has 2 unspecified atom stereocenters. The van der Waals surface area contributed by atoms with Crippen molar-refractivity contribution >= 4 is 21.9 Å². The average Bonchev–Trinajstić information content (AvgIpc) is 2.27. The van der Waals surface area contributed by atoms with Crippen molar-refractivity contribution in [3.63, 3.8) is 0 Å². The molecule has 0 spiro atoms. The lowest BCUT2D eigenvalue weighted by atomic mass is 10.0. The molecule has 16 heavy (non-hydrogen) atoms. The van der Waals surface area contributed by atoms with Crippen molar-refractivity contribution in [2.75, 3.05) is 5.33 Å². The molecule has 0 saturated heterocycles. The Morgan fingerprint density at radius 3 is 2.50 bits per heavy atom. The molecule has 0 saturated carbocycles. The summed E-state index contributed by atoms with van der Waals surface area (Å²) >= 11 is 2.98. The van der Waals surface area contributed by atoms with Crippen molar-refractivity contribution in [1.29, 1.82) is 0 Å². The highest BCUT2D eigenvalue weighted by atomic mass is 79.9. The number of carbonyl (C=O) groups is 1. The van der Waals surface area contributed by atoms with Crippen LogP contribution in [0.2, 0.25) is 0 Å². The van der Waals surface area contributed by atoms with Gasteiger partial charge < -0.3 is 20.4 Å². The molecular weight excluding hydrogens is 280 g/mol. The summed E-state index contributed by atoms with van der Waals surface area (Å²) in [5.74, 6) is -1.42. The quantitative estimate of drug-likeness (QED) is 0.617. The molecule has 1 aromatic rings. The first kappa shape index (κ1) is 13.0. The van der Waals surface area contributed by atoms with Crippen molar-refractivity contribution in [3.8, 4) is 5.75 Å². The summed E-state index contributed by atoms with van der Waals surface area (Å²) in [5.41, 5.74) is -0.0690. The second kappa shape index (κ2) is 5.29. The zero-order valence-corrected chi connectivity index (χ0v) is 9.75. The van der Waals surface area contributed by atoms with Crippen LogP contribution in [-0.2, 0) is 0 Å². The Labute approximate surface area is 100 Å². The van der Waals surface area contributed by atoms with Gasteiger partial charge in [0.1, 0.15) is 11.9 Å². The zero-order chi connectivity index (χ0) is 12.3. The Balaban J connectivity index is 3.11. The summed E-state index contributed by atoms with van der Waals surface area (Å²) in [6.45, 7) is 0. The van der Waals surface area contributed by atoms with E-state index in [1.54, 1.807) is 0 Å². The third kappa shape index (κ3) is 2.72. The minimum absolute atomic E-state index is 0.00755. The molecule has 0 aliphatic heterocycles. The van der Waals surface area contributed by atoms with Gasteiger partial charge in [-0.3, -0.25) is 0 Å². The number of alkyl halides is 1. The normalized spacial score (nSPS) is 14.4. The first-order valence-electron chi connectivity index (χ1n) is 4.45. The number of aliphatic hydroxyl groups is 2. The van der Waals surface area contributed by atoms with E-state index in [1.807, 2.05) is 0 Å². The number of benzene rings is 1. The van der Waals surface area contributed by atoms with Crippen molar-refractivity contribution in [2.45, 2.75) is 12.2 Å². The van der Waals surface area contributed by atoms with E-state index >= 15 is 0 Å². The fourth-order valence-electron chi connectivity index (χ4n) is 1.22. The first-order chi connectivity index (χ1) is 7.47. The molecule has 0 aromatic heterocycles. The lowest BCUT2D eigenvalue weighted by Crippen LogP contribution is -2.20. The molecule has 88 valence electrons. The van der Waals surface area contributed by atoms with Crippen molar-refractivity contribution in [1.82, 2.24) is 0 Å². The summed E-state index contributed by atoms with van der Waals surface area (Å²) in [5, 5.41) is 37.3. The lowest BCUT2D eigenvalue weighted by Gasteiger charge is -2.17. The number of carboxylic acids is 1. The molecule has 0 aliphatic carbocycles. The average molecular weight is 291 g/mol. The third-order valence-electron chi connectivity index (χ3n) is 2.12. The molecule has 1 rings (SSSR count). The standard InChI is InChI=1S/C10H11BrO5/c11-4-8(13)9(14)6-3-5(10(15)16)1-2-7(6)12/h1-3,8-9,12-14H,4H2,(H,15,16). The van der Waals surface area contributed by atoms with Crippen LogP contribution in [0, 0.1) is 0 Å². The van der Waals surface area contributed by atoms with Crippen LogP contribution in [0.15, 0.2) is 18.2 Å². The highest BCUT2D eigenvalue weighted by molar-refractivity contribution is 9.09. The fraction of sp³-hybridized carbons (Fsp3) is 0.300. The minimum atomic E-state index is -1.33. The zero-order valence-electron chi connectivity index (χ0n) is 8.17. The van der Waals surface area contributed by atoms with E-state index in [0.717, 1.165) is 6.07 Å². The third-order valence-corrected chi connectivity index (χ3v) is 2.78. The van der Waals surface area contributed by atoms with Crippen LogP contribution in [0.4, 0.5) is 0 Å². The van der Waals surface area contributed by atoms with Gasteiger partial charge in [-0.2, -0.15) is 0 Å². The first-order valence-corrected chi connectivity index (χ1v) is 5.57. The van der Waals surface area contributed by atoms with E-state index in [0.29, 0.717) is 0 Å². The van der Waals surface area contributed by atoms with E-state index < -0.39 is 18.2 Å². The summed E-state index contributed by atoms with van der Waals surface area (Å²) < 4.78 is 0. The van der Waals surface area contributed by atoms with Crippen LogP contribution >= 0.6 is 15.9 Å². The molecule has 0 aliphatic rings. The van der Waals surface area contributed by atoms with Gasteiger partial charge in [0.15, 0.2) is 0 Å². The van der Waals surface area contributed by atoms with E-state index in [2.05, 4.69) is 15.9 Å². The highest BCUT2D eigenvalue weighted by Crippen LogP contribution is 2.28. The Morgan fingerprint density at radius 2 is 2.00 bits per heavy atom. The topological polar surface area (TPSA) is 98.0 Å². The highest BCUT2D eigenvalue weighted by Gasteiger charge is 2.21. The number of phenols is 1. The predicted molar refractivity (Wildman–Crippen MR) is 59.8 cm³/mol. The minimum Gasteiger partial charge on any atom is -0.508 e. The van der Waals surface area contributed by atoms with Crippen molar-refractivity contribution in [2.24, 2.45) is 0 Å². The molecule has 6 heteroatoms. The van der Waals surface area contributed by atoms with Gasteiger partial charge in [-0.05, 0) is 18.2 Å². The lowest BCUT2D eigenvalue weighted by molar-refractivity contribution is 0.0326. The molecule has 0 heterocycles. The summed E-state index contributed by atoms with van der Waals surface area (Å²) in [6, 6.07) is 3.52. The number of hydrogen-bond acceptors (Lipinski definition) is 4. The molecule has 1 aromatic carbocycles. The van der Waals surface area contributed by atoms with Gasteiger partial charge in [0.05, 0.1) is 11.7 Å². The second-order valence-corrected chi connectivity index (χ2v) is 3.89. The van der Waals surface area contributed by atoms with Crippen LogP contribution in [0.3, 0.4) is 0 Å². The van der Waals surface area contributed by atoms with Gasteiger partial charge in [-0.15, -0.1) is 0 Å². The summed E-state index contributed by atoms with van der Waals surface area (Å²) in [4.78, 5) is 10.7. The van der Waals surface area contributed by atoms with Gasteiger partial charge in [0.2, 0.25) is 0 Å². The van der Waals surface area contributed by atoms with Crippen LogP contribution in [0.25, 0.3) is 0 Å². The van der Waals surface area contributed by atoms with Gasteiger partial charge >= 0.3 is 5.97 Å². The van der Waals surface area contributed by atoms with E-state index in [-0.39, 0.29) is 22.2 Å². The van der Waals surface area contributed by atoms with Gasteiger partial charge in [-0.25, -0.2) is 4.79 Å². The smallest absolute Gasteiger partial charge is 0.335 e. The van der Waals surface area contributed by atoms with Crippen LogP contribution in [0.1, 0.15) is 22.0 Å². The number of phenolic OH excluding ortho intramolecular Hbond substituents is 1. The maximum absolute atomic E-state index is 10.7. The number of aliphatic hydroxyl groups excluding tert-OH is 2. The molecule has 2 atom stereocenters. The monoisotopic (exact) mass is 290 g/mol. The molecule has 4 N–H and O–H groups in total. The molecule has 0 fully saturated rings. The summed E-state index contributed by atoms with van der Waals surface area (Å²) in [6.07, 6.45) is -2.45. The number of carboxylic acid groups (broad SMARTS) is 1. The second-order valence-electron chi connectivity index (χ2n) is 3.25. The van der Waals surface area contributed by atoms with Gasteiger partial charge in [-0.1, -0.05) is 15.9 Å². The number of aromatic hydroxyl groups is 1. The fourth-order valence-corrected chi connectivity index (χ4v) is 1.57. The predicted octanol–water partition coefficient (Wildman–Crippen LogP) is 0.880. The molecule has 0 amide bonds. The molecular formula is C10H11BrO5. The van der Waals surface area contributed by atoms with E-state index in [1.165, 1.54) is 12.1 Å². The Kier molecular flexibility index (Phi) is 4.28. The van der Waals surface area contributed by atoms with Crippen molar-refractivity contribution in [3.05, 3.63) is 29.3 Å². The molecule has 0 radical (unpaired) electrons. The van der Waals surface area contributed by atoms with Gasteiger partial charge in [0.25, 0.3) is 0 Å². The van der Waals surface area contributed by atoms with E-state index in [9.17, 15) is 20.1 Å². The SMILES string of the molecule is O=C(O)c1ccc(O)c(C(O)C(O)CBr)c1. The Hall–Kier alpha value is -1.11. The maximum atomic E-state index is 10.7. The van der Waals surface area contributed by atoms with Gasteiger partial charge in [0, 0.05) is 10.9 Å². The van der Waals surface area contributed by atoms with Crippen LogP contribution < -0.4 is 0 Å². The van der Waals surface area contributed by atoms with E-state index in [4.69, 9.17) is 5.11 Å². The Morgan fingerprint density at radius 1 is 1.38 bits per heavy atom. The largest absolute Gasteiger partial charge is 0.508 e.